The molecule has 64 heavy (non-hydrogen) atoms. The molecule has 2 aliphatic carbocycles. The maximum atomic E-state index is 13.5. The zero-order valence-electron chi connectivity index (χ0n) is 33.6. The number of nitrogens with zero attached hydrogens (tertiary/aromatic N) is 2. The number of hydrogen-bond donors (Lipinski definition) is 8. The smallest absolute Gasteiger partial charge is 0.296 e. The number of carbonyl (C=O) groups excluding carboxylic acids is 4. The Bertz CT molecular complexity index is 2960. The van der Waals surface area contributed by atoms with Crippen molar-refractivity contribution in [1.82, 2.24) is 0 Å². The molecule has 5 aromatic rings. The van der Waals surface area contributed by atoms with Gasteiger partial charge in [0.1, 0.15) is 9.81 Å². The maximum Gasteiger partial charge on any atom is 0.296 e. The van der Waals surface area contributed by atoms with Crippen molar-refractivity contribution >= 4 is 89.9 Å². The maximum absolute atomic E-state index is 13.5. The van der Waals surface area contributed by atoms with E-state index in [0.717, 1.165) is 12.2 Å². The summed E-state index contributed by atoms with van der Waals surface area (Å²) in [7, 11) is -9.93. The van der Waals surface area contributed by atoms with Gasteiger partial charge in [-0.05, 0) is 132 Å². The second-order valence-electron chi connectivity index (χ2n) is 14.5. The van der Waals surface area contributed by atoms with Gasteiger partial charge in [-0.3, -0.25) is 39.1 Å². The Hall–Kier alpha value is -7.46. The molecule has 326 valence electrons. The van der Waals surface area contributed by atoms with Crippen molar-refractivity contribution < 1.29 is 55.3 Å². The lowest BCUT2D eigenvalue weighted by atomic mass is 9.94. The van der Waals surface area contributed by atoms with E-state index >= 15 is 0 Å². The van der Waals surface area contributed by atoms with Crippen LogP contribution in [0, 0.1) is 13.8 Å². The van der Waals surface area contributed by atoms with E-state index in [-0.39, 0.29) is 58.0 Å². The van der Waals surface area contributed by atoms with E-state index in [1.54, 1.807) is 50.2 Å². The van der Waals surface area contributed by atoms with Crippen LogP contribution in [0.15, 0.2) is 117 Å². The minimum atomic E-state index is -4.97. The number of anilines is 4. The van der Waals surface area contributed by atoms with E-state index in [0.29, 0.717) is 33.6 Å². The lowest BCUT2D eigenvalue weighted by Gasteiger charge is -2.18. The third kappa shape index (κ3) is 9.46. The summed E-state index contributed by atoms with van der Waals surface area (Å²) >= 11 is 0. The molecular formula is C44H36N6O12S2. The number of aliphatic hydroxyl groups excluding tert-OH is 2. The van der Waals surface area contributed by atoms with Gasteiger partial charge in [0.2, 0.25) is 11.6 Å². The van der Waals surface area contributed by atoms with Gasteiger partial charge in [-0.15, -0.1) is 0 Å². The molecular weight excluding hydrogens is 869 g/mol. The van der Waals surface area contributed by atoms with E-state index in [4.69, 9.17) is 0 Å². The molecule has 0 spiro atoms. The van der Waals surface area contributed by atoms with Gasteiger partial charge in [0.15, 0.2) is 11.4 Å². The number of hydrogen-bond acceptors (Lipinski definition) is 14. The predicted molar refractivity (Wildman–Crippen MR) is 239 cm³/mol. The normalized spacial score (nSPS) is 14.9. The summed E-state index contributed by atoms with van der Waals surface area (Å²) in [4.78, 5) is 51.9. The minimum absolute atomic E-state index is 0.0332. The molecule has 7 rings (SSSR count). The third-order valence-electron chi connectivity index (χ3n) is 10.1. The molecule has 0 saturated heterocycles. The number of ketones is 2. The number of amides is 2. The van der Waals surface area contributed by atoms with Crippen molar-refractivity contribution in [3.63, 3.8) is 0 Å². The van der Waals surface area contributed by atoms with Crippen molar-refractivity contribution in [3.8, 4) is 0 Å². The van der Waals surface area contributed by atoms with Crippen molar-refractivity contribution in [2.75, 3.05) is 21.5 Å². The second-order valence-corrected chi connectivity index (χ2v) is 17.3. The number of aryl methyl sites for hydroxylation is 2. The molecule has 2 amide bonds. The molecule has 0 unspecified atom stereocenters. The molecule has 0 saturated carbocycles. The Balaban J connectivity index is 1.05. The van der Waals surface area contributed by atoms with Crippen molar-refractivity contribution in [1.29, 1.82) is 0 Å². The molecule has 0 fully saturated rings. The Morgan fingerprint density at radius 2 is 0.922 bits per heavy atom. The van der Waals surface area contributed by atoms with Crippen molar-refractivity contribution in [2.45, 2.75) is 27.1 Å². The van der Waals surface area contributed by atoms with Crippen molar-refractivity contribution in [3.05, 3.63) is 163 Å². The van der Waals surface area contributed by atoms with E-state index in [1.165, 1.54) is 60.7 Å². The molecule has 0 bridgehead atoms. The highest BCUT2D eigenvalue weighted by Crippen LogP contribution is 2.31. The van der Waals surface area contributed by atoms with Gasteiger partial charge >= 0.3 is 0 Å². The summed E-state index contributed by atoms with van der Waals surface area (Å²) < 4.78 is 69.7. The largest absolute Gasteiger partial charge is 0.392 e. The van der Waals surface area contributed by atoms with Crippen molar-refractivity contribution in [2.24, 2.45) is 10.2 Å². The van der Waals surface area contributed by atoms with Gasteiger partial charge in [-0.1, -0.05) is 24.3 Å². The third-order valence-corrected chi connectivity index (χ3v) is 11.8. The van der Waals surface area contributed by atoms with Crippen LogP contribution < -0.4 is 21.5 Å². The Morgan fingerprint density at radius 3 is 1.27 bits per heavy atom. The molecule has 20 heteroatoms. The highest BCUT2D eigenvalue weighted by Gasteiger charge is 2.34. The predicted octanol–water partition coefficient (Wildman–Crippen LogP) is 5.58. The summed E-state index contributed by atoms with van der Waals surface area (Å²) in [5.41, 5.74) is 8.06. The summed E-state index contributed by atoms with van der Waals surface area (Å²) in [6.45, 7) is 2.92. The SMILES string of the molecule is Cc1ccc(CO)cc1N/N=C1\C(=O)c2ccc(NC(=O)c3ccc(C(=O)Nc4ccc5c(c4)C=C(S(=O)(=O)O)/C(=N/Nc4cc(CO)ccc4C)C5=O)cc3)cc2C=C1S(=O)(=O)O. The molecule has 0 aliphatic heterocycles. The van der Waals surface area contributed by atoms with Crippen LogP contribution in [-0.4, -0.2) is 71.0 Å². The topological polar surface area (TPSA) is 290 Å². The zero-order chi connectivity index (χ0) is 46.1. The standard InChI is InChI=1S/C44H36N6O12S2/c1-23-3-5-25(21-51)15-35(23)47-49-39-37(63(57,58)59)19-29-17-31(11-13-33(29)41(39)53)45-43(55)27-7-9-28(10-8-27)44(56)46-32-12-14-34-30(18-32)20-38(64(60,61)62)40(42(34)54)50-48-36-16-26(22-52)6-4-24(36)2/h3-20,47-48,51-52H,21-22H2,1-2H3,(H,45,55)(H,46,56)(H,57,58,59)(H,60,61,62)/b49-39-,50-40-. The average molecular weight is 905 g/mol. The summed E-state index contributed by atoms with van der Waals surface area (Å²) in [6.07, 6.45) is 2.09. The summed E-state index contributed by atoms with van der Waals surface area (Å²) in [5, 5.41) is 32.2. The van der Waals surface area contributed by atoms with Crippen LogP contribution in [0.25, 0.3) is 12.2 Å². The quantitative estimate of drug-likeness (QED) is 0.0561. The number of allylic oxidation sites excluding steroid dienone is 2. The molecule has 0 atom stereocenters. The molecule has 5 aromatic carbocycles. The first-order valence-electron chi connectivity index (χ1n) is 18.9. The van der Waals surface area contributed by atoms with Crippen LogP contribution in [-0.2, 0) is 33.5 Å². The fourth-order valence-electron chi connectivity index (χ4n) is 6.62. The lowest BCUT2D eigenvalue weighted by molar-refractivity contribution is 0.101. The number of hydrazone groups is 2. The first-order chi connectivity index (χ1) is 30.3. The van der Waals surface area contributed by atoms with Gasteiger partial charge in [-0.25, -0.2) is 0 Å². The minimum Gasteiger partial charge on any atom is -0.392 e. The Morgan fingerprint density at radius 1 is 0.547 bits per heavy atom. The first-order valence-corrected chi connectivity index (χ1v) is 21.8. The monoisotopic (exact) mass is 904 g/mol. The number of nitrogens with one attached hydrogen (secondary N) is 4. The molecule has 8 N–H and O–H groups in total. The molecule has 18 nitrogen and oxygen atoms in total. The van der Waals surface area contributed by atoms with Crippen LogP contribution in [0.3, 0.4) is 0 Å². The van der Waals surface area contributed by atoms with Crippen LogP contribution in [0.5, 0.6) is 0 Å². The Labute approximate surface area is 365 Å². The fourth-order valence-corrected chi connectivity index (χ4v) is 7.94. The van der Waals surface area contributed by atoms with E-state index in [9.17, 15) is 55.3 Å². The average Bonchev–Trinajstić information content (AvgIpc) is 3.25. The number of fused-ring (bicyclic) bond motifs is 2. The van der Waals surface area contributed by atoms with Crippen LogP contribution in [0.4, 0.5) is 22.7 Å². The van der Waals surface area contributed by atoms with E-state index < -0.39 is 64.9 Å². The fraction of sp³-hybridized carbons (Fsp3) is 0.0909. The first kappa shape index (κ1) is 44.6. The van der Waals surface area contributed by atoms with E-state index in [1.807, 2.05) is 0 Å². The van der Waals surface area contributed by atoms with Crippen LogP contribution in [0.2, 0.25) is 0 Å². The highest BCUT2D eigenvalue weighted by molar-refractivity contribution is 7.91. The number of benzene rings is 5. The van der Waals surface area contributed by atoms with Gasteiger partial charge in [0.05, 0.1) is 24.6 Å². The summed E-state index contributed by atoms with van der Waals surface area (Å²) in [6, 6.07) is 23.5. The van der Waals surface area contributed by atoms with Gasteiger partial charge in [0, 0.05) is 33.6 Å². The van der Waals surface area contributed by atoms with Crippen LogP contribution in [0.1, 0.15) is 74.8 Å². The molecule has 2 aliphatic rings. The van der Waals surface area contributed by atoms with Gasteiger partial charge in [-0.2, -0.15) is 27.0 Å². The number of aliphatic hydroxyl groups is 2. The highest BCUT2D eigenvalue weighted by atomic mass is 32.2. The zero-order valence-corrected chi connectivity index (χ0v) is 35.2. The van der Waals surface area contributed by atoms with Crippen LogP contribution >= 0.6 is 0 Å². The molecule has 0 radical (unpaired) electrons. The molecule has 0 aromatic heterocycles. The summed E-state index contributed by atoms with van der Waals surface area (Å²) in [5.74, 6) is -2.91. The lowest BCUT2D eigenvalue weighted by Crippen LogP contribution is -2.27. The van der Waals surface area contributed by atoms with Gasteiger partial charge in [0.25, 0.3) is 32.1 Å². The van der Waals surface area contributed by atoms with Gasteiger partial charge < -0.3 is 20.8 Å². The number of carbonyl (C=O) groups is 4. The second kappa shape index (κ2) is 17.7. The number of Topliss-reactive ketones (excluding diaryl/α,β-unsaturated/α-hetero) is 2. The Kier molecular flexibility index (Phi) is 12.4. The van der Waals surface area contributed by atoms with E-state index in [2.05, 4.69) is 31.7 Å². The number of rotatable bonds is 12. The molecule has 0 heterocycles.